The fraction of sp³-hybridized carbons (Fsp3) is 0.467. The van der Waals surface area contributed by atoms with E-state index in [1.807, 2.05) is 47.9 Å². The number of rotatable bonds is 15. The second-order valence-electron chi connectivity index (χ2n) is 10.8. The van der Waals surface area contributed by atoms with Gasteiger partial charge in [-0.05, 0) is 37.5 Å². The summed E-state index contributed by atoms with van der Waals surface area (Å²) >= 11 is 0. The number of carbonyl (C=O) groups excluding carboxylic acids is 1. The summed E-state index contributed by atoms with van der Waals surface area (Å²) < 4.78 is 47.0. The van der Waals surface area contributed by atoms with Crippen LogP contribution in [0.3, 0.4) is 0 Å². The molecule has 0 aliphatic heterocycles. The average Bonchev–Trinajstić information content (AvgIpc) is 3.37. The first kappa shape index (κ1) is 33.2. The molecule has 0 saturated carbocycles. The Morgan fingerprint density at radius 3 is 2.64 bits per heavy atom. The number of nitrogens with one attached hydrogen (secondary N) is 1. The highest BCUT2D eigenvalue weighted by Crippen LogP contribution is 2.28. The van der Waals surface area contributed by atoms with Crippen LogP contribution in [0.2, 0.25) is 0 Å². The summed E-state index contributed by atoms with van der Waals surface area (Å²) in [5.41, 5.74) is 8.74. The quantitative estimate of drug-likeness (QED) is 0.118. The van der Waals surface area contributed by atoms with Gasteiger partial charge in [0.05, 0.1) is 24.3 Å². The number of amides is 2. The van der Waals surface area contributed by atoms with E-state index in [1.165, 1.54) is 17.8 Å². The van der Waals surface area contributed by atoms with Gasteiger partial charge in [0.25, 0.3) is 0 Å². The third-order valence-electron chi connectivity index (χ3n) is 7.25. The maximum absolute atomic E-state index is 14.5. The van der Waals surface area contributed by atoms with Gasteiger partial charge in [-0.3, -0.25) is 4.40 Å². The molecule has 2 aromatic heterocycles. The van der Waals surface area contributed by atoms with Crippen LogP contribution in [0.1, 0.15) is 45.1 Å². The fourth-order valence-corrected chi connectivity index (χ4v) is 5.07. The Labute approximate surface area is 247 Å². The number of imidazole rings is 1. The van der Waals surface area contributed by atoms with Crippen LogP contribution in [0.25, 0.3) is 16.9 Å². The molecule has 228 valence electrons. The number of fused-ring (bicyclic) bond motifs is 1. The van der Waals surface area contributed by atoms with Crippen LogP contribution in [0.4, 0.5) is 14.9 Å². The molecule has 3 atom stereocenters. The second kappa shape index (κ2) is 14.2. The van der Waals surface area contributed by atoms with Crippen molar-refractivity contribution in [3.8, 4) is 11.3 Å². The summed E-state index contributed by atoms with van der Waals surface area (Å²) in [6, 6.07) is 10.8. The van der Waals surface area contributed by atoms with Crippen molar-refractivity contribution in [3.63, 3.8) is 0 Å². The van der Waals surface area contributed by atoms with Crippen LogP contribution in [-0.2, 0) is 14.6 Å². The highest BCUT2D eigenvalue weighted by molar-refractivity contribution is 7.90. The Morgan fingerprint density at radius 2 is 1.98 bits per heavy atom. The van der Waals surface area contributed by atoms with Crippen LogP contribution in [-0.4, -0.2) is 96.6 Å². The first-order chi connectivity index (χ1) is 19.8. The number of carbonyl (C=O) groups is 1. The number of nitrogens with two attached hydrogens (primary N) is 1. The van der Waals surface area contributed by atoms with Crippen LogP contribution >= 0.6 is 0 Å². The topological polar surface area (TPSA) is 122 Å². The van der Waals surface area contributed by atoms with Gasteiger partial charge in [-0.25, -0.2) is 17.8 Å². The van der Waals surface area contributed by atoms with Crippen LogP contribution in [0.5, 0.6) is 0 Å². The minimum atomic E-state index is -3.00. The highest BCUT2D eigenvalue weighted by Gasteiger charge is 2.36. The molecule has 10 nitrogen and oxygen atoms in total. The lowest BCUT2D eigenvalue weighted by molar-refractivity contribution is -0.536. The molecule has 3 unspecified atom stereocenters. The van der Waals surface area contributed by atoms with E-state index in [1.54, 1.807) is 19.2 Å². The van der Waals surface area contributed by atoms with Gasteiger partial charge in [0, 0.05) is 49.2 Å². The van der Waals surface area contributed by atoms with E-state index in [-0.39, 0.29) is 24.6 Å². The number of halogens is 1. The molecule has 3 aromatic rings. The van der Waals surface area contributed by atoms with Gasteiger partial charge in [0.15, 0.2) is 12.2 Å². The van der Waals surface area contributed by atoms with Gasteiger partial charge in [-0.1, -0.05) is 30.6 Å². The van der Waals surface area contributed by atoms with Gasteiger partial charge in [0.1, 0.15) is 35.1 Å². The Balaban J connectivity index is 1.71. The molecule has 0 saturated heterocycles. The number of hydrogen-bond acceptors (Lipinski definition) is 7. The van der Waals surface area contributed by atoms with Crippen LogP contribution in [0.15, 0.2) is 48.8 Å². The third-order valence-corrected chi connectivity index (χ3v) is 8.20. The molecule has 0 fully saturated rings. The lowest BCUT2D eigenvalue weighted by atomic mass is 9.96. The Kier molecular flexibility index (Phi) is 11.2. The fourth-order valence-electron chi connectivity index (χ4n) is 4.56. The standard InChI is InChI=1S/C30H43FN6O4S/c1-7-25(28(32)41-16-13-33-14-17-42(6,39)40)22-12-15-37-26(20-34-27(37)19-22)23-10-9-11-24(18-23)36(5)29(38)35(4)21-30(3,31)8-2/h9-12,15,18-20,25,28,33H,4-5,7-8,13-14,16-17,21,32H2,1-3,6H3/q+2. The Hall–Kier alpha value is -3.32. The van der Waals surface area contributed by atoms with Gasteiger partial charge in [-0.15, -0.1) is 4.58 Å². The van der Waals surface area contributed by atoms with Crippen molar-refractivity contribution in [1.29, 1.82) is 0 Å². The zero-order valence-electron chi connectivity index (χ0n) is 24.9. The predicted octanol–water partition coefficient (Wildman–Crippen LogP) is 3.75. The summed E-state index contributed by atoms with van der Waals surface area (Å²) in [5.74, 6) is 0.0111. The monoisotopic (exact) mass is 602 g/mol. The van der Waals surface area contributed by atoms with Crippen LogP contribution < -0.4 is 11.1 Å². The van der Waals surface area contributed by atoms with Crippen LogP contribution in [0, 0.1) is 0 Å². The molecule has 12 heteroatoms. The average molecular weight is 603 g/mol. The molecule has 0 aliphatic rings. The van der Waals surface area contributed by atoms with Gasteiger partial charge >= 0.3 is 6.03 Å². The van der Waals surface area contributed by atoms with E-state index in [0.29, 0.717) is 25.4 Å². The first-order valence-corrected chi connectivity index (χ1v) is 16.1. The Morgan fingerprint density at radius 1 is 1.24 bits per heavy atom. The van der Waals surface area contributed by atoms with Gasteiger partial charge in [0.2, 0.25) is 5.69 Å². The van der Waals surface area contributed by atoms with Crippen molar-refractivity contribution in [2.45, 2.75) is 51.4 Å². The lowest BCUT2D eigenvalue weighted by Gasteiger charge is -2.23. The minimum absolute atomic E-state index is 0.0651. The number of nitrogens with zero attached hydrogens (tertiary/aromatic N) is 4. The van der Waals surface area contributed by atoms with E-state index in [2.05, 4.69) is 23.7 Å². The largest absolute Gasteiger partial charge is 0.676 e. The molecule has 0 aliphatic carbocycles. The Bertz CT molecular complexity index is 1540. The van der Waals surface area contributed by atoms with Crippen molar-refractivity contribution < 1.29 is 31.5 Å². The van der Waals surface area contributed by atoms with Crippen molar-refractivity contribution in [3.05, 3.63) is 54.4 Å². The third kappa shape index (κ3) is 8.84. The number of benzene rings is 1. The SMILES string of the molecule is C=[N+](CC(C)(F)CC)C(=O)[N+](=C)c1cccc(-c2cnc3cc(C(CC)C(N)OCCNCCS(C)(=O)=O)ccn23)c1. The van der Waals surface area contributed by atoms with Crippen molar-refractivity contribution in [2.75, 3.05) is 38.2 Å². The molecule has 3 N–H and O–H groups in total. The molecule has 1 aromatic carbocycles. The zero-order chi connectivity index (χ0) is 31.1. The molecule has 42 heavy (non-hydrogen) atoms. The molecule has 0 bridgehead atoms. The predicted molar refractivity (Wildman–Crippen MR) is 165 cm³/mol. The molecule has 2 amide bonds. The van der Waals surface area contributed by atoms with E-state index in [0.717, 1.165) is 33.5 Å². The molecular weight excluding hydrogens is 559 g/mol. The number of ether oxygens (including phenoxy) is 1. The number of aromatic nitrogens is 2. The summed E-state index contributed by atoms with van der Waals surface area (Å²) in [6.45, 7) is 13.9. The minimum Gasteiger partial charge on any atom is -0.362 e. The maximum atomic E-state index is 14.5. The number of pyridine rings is 1. The molecule has 0 spiro atoms. The zero-order valence-corrected chi connectivity index (χ0v) is 25.7. The number of alkyl halides is 1. The van der Waals surface area contributed by atoms with E-state index >= 15 is 0 Å². The smallest absolute Gasteiger partial charge is 0.362 e. The molecule has 0 radical (unpaired) electrons. The maximum Gasteiger partial charge on any atom is 0.676 e. The van der Waals surface area contributed by atoms with Gasteiger partial charge in [-0.2, -0.15) is 4.79 Å². The summed E-state index contributed by atoms with van der Waals surface area (Å²) in [6.07, 6.45) is 5.38. The van der Waals surface area contributed by atoms with E-state index < -0.39 is 27.8 Å². The number of hydrogen-bond donors (Lipinski definition) is 2. The van der Waals surface area contributed by atoms with Gasteiger partial charge < -0.3 is 15.8 Å². The first-order valence-electron chi connectivity index (χ1n) is 14.0. The second-order valence-corrected chi connectivity index (χ2v) is 13.0. The van der Waals surface area contributed by atoms with Crippen molar-refractivity contribution >= 4 is 40.6 Å². The lowest BCUT2D eigenvalue weighted by Crippen LogP contribution is -2.36. The normalized spacial score (nSPS) is 14.8. The molecular formula is C30H43FN6O4S+2. The number of sulfone groups is 1. The van der Waals surface area contributed by atoms with Crippen molar-refractivity contribution in [1.82, 2.24) is 14.7 Å². The van der Waals surface area contributed by atoms with E-state index in [9.17, 15) is 17.6 Å². The van der Waals surface area contributed by atoms with Crippen molar-refractivity contribution in [2.24, 2.45) is 5.73 Å². The van der Waals surface area contributed by atoms with E-state index in [4.69, 9.17) is 10.5 Å². The molecule has 2 heterocycles. The molecule has 3 rings (SSSR count). The highest BCUT2D eigenvalue weighted by atomic mass is 32.2. The summed E-state index contributed by atoms with van der Waals surface area (Å²) in [5, 5.41) is 3.05. The summed E-state index contributed by atoms with van der Waals surface area (Å²) in [7, 11) is -3.00. The number of urea groups is 1. The summed E-state index contributed by atoms with van der Waals surface area (Å²) in [4.78, 5) is 17.5.